The van der Waals surface area contributed by atoms with Crippen LogP contribution in [-0.2, 0) is 0 Å². The van der Waals surface area contributed by atoms with Crippen molar-refractivity contribution >= 4 is 16.7 Å². The van der Waals surface area contributed by atoms with Gasteiger partial charge in [0.05, 0.1) is 17.6 Å². The third kappa shape index (κ3) is 1.94. The van der Waals surface area contributed by atoms with Crippen molar-refractivity contribution < 1.29 is 4.52 Å². The van der Waals surface area contributed by atoms with Crippen LogP contribution in [0.4, 0.5) is 5.82 Å². The van der Waals surface area contributed by atoms with Gasteiger partial charge in [-0.05, 0) is 17.5 Å². The Labute approximate surface area is 132 Å². The molecule has 0 amide bonds. The molecular formula is C17H15N5O. The van der Waals surface area contributed by atoms with Crippen LogP contribution in [0.1, 0.15) is 30.9 Å². The van der Waals surface area contributed by atoms with E-state index in [2.05, 4.69) is 40.6 Å². The number of rotatable bonds is 2. The number of hydrogen-bond acceptors (Lipinski definition) is 5. The number of aromatic amines is 1. The van der Waals surface area contributed by atoms with Crippen molar-refractivity contribution in [3.63, 3.8) is 0 Å². The Balaban J connectivity index is 2.02. The second-order valence-corrected chi connectivity index (χ2v) is 5.94. The highest BCUT2D eigenvalue weighted by Gasteiger charge is 2.33. The summed E-state index contributed by atoms with van der Waals surface area (Å²) in [6.07, 6.45) is 3.48. The third-order valence-corrected chi connectivity index (χ3v) is 4.26. The van der Waals surface area contributed by atoms with Crippen LogP contribution in [0, 0.1) is 17.2 Å². The van der Waals surface area contributed by atoms with E-state index in [0.29, 0.717) is 5.57 Å². The van der Waals surface area contributed by atoms with Crippen molar-refractivity contribution in [2.24, 2.45) is 5.92 Å². The summed E-state index contributed by atoms with van der Waals surface area (Å²) in [6, 6.07) is 8.25. The number of H-pyrrole nitrogens is 1. The number of anilines is 1. The fraction of sp³-hybridized carbons (Fsp3) is 0.235. The van der Waals surface area contributed by atoms with Crippen LogP contribution >= 0.6 is 0 Å². The van der Waals surface area contributed by atoms with Gasteiger partial charge in [0.15, 0.2) is 5.82 Å². The number of nitrogens with one attached hydrogen (secondary N) is 2. The Hall–Kier alpha value is -3.07. The van der Waals surface area contributed by atoms with Crippen molar-refractivity contribution in [2.75, 3.05) is 5.32 Å². The molecular weight excluding hydrogens is 290 g/mol. The van der Waals surface area contributed by atoms with Crippen molar-refractivity contribution in [1.29, 1.82) is 5.26 Å². The molecule has 0 radical (unpaired) electrons. The standard InChI is InChI=1S/C17H15N5O/c1-9(2)16-11(6-18)15(12-7-19-21-17(12)20-16)10-4-3-5-14-13(10)8-23-22-14/h3-5,7-9,15H,1-2H3,(H2,19,20,21). The SMILES string of the molecule is CC(C)C1=C(C#N)C(c2cccc3nocc23)c2c[nH]nc2N1. The number of allylic oxidation sites excluding steroid dienone is 2. The van der Waals surface area contributed by atoms with Gasteiger partial charge in [-0.25, -0.2) is 0 Å². The lowest BCUT2D eigenvalue weighted by molar-refractivity contribution is 0.428. The van der Waals surface area contributed by atoms with Crippen LogP contribution in [-0.4, -0.2) is 15.4 Å². The van der Waals surface area contributed by atoms with Crippen molar-refractivity contribution in [2.45, 2.75) is 19.8 Å². The van der Waals surface area contributed by atoms with Gasteiger partial charge in [0, 0.05) is 22.8 Å². The second kappa shape index (κ2) is 4.99. The minimum atomic E-state index is -0.185. The molecule has 4 rings (SSSR count). The van der Waals surface area contributed by atoms with Crippen LogP contribution in [0.25, 0.3) is 10.9 Å². The van der Waals surface area contributed by atoms with Gasteiger partial charge in [-0.15, -0.1) is 0 Å². The highest BCUT2D eigenvalue weighted by Crippen LogP contribution is 2.43. The maximum absolute atomic E-state index is 9.81. The van der Waals surface area contributed by atoms with E-state index >= 15 is 0 Å². The number of hydrogen-bond donors (Lipinski definition) is 2. The van der Waals surface area contributed by atoms with Gasteiger partial charge in [-0.2, -0.15) is 10.4 Å². The Morgan fingerprint density at radius 2 is 2.17 bits per heavy atom. The zero-order valence-corrected chi connectivity index (χ0v) is 12.8. The van der Waals surface area contributed by atoms with Crippen LogP contribution in [0.5, 0.6) is 0 Å². The summed E-state index contributed by atoms with van der Waals surface area (Å²) < 4.78 is 5.12. The lowest BCUT2D eigenvalue weighted by Crippen LogP contribution is -2.20. The highest BCUT2D eigenvalue weighted by molar-refractivity contribution is 5.84. The summed E-state index contributed by atoms with van der Waals surface area (Å²) in [5.74, 6) is 0.778. The average Bonchev–Trinajstić information content (AvgIpc) is 3.20. The number of fused-ring (bicyclic) bond motifs is 2. The molecule has 6 nitrogen and oxygen atoms in total. The topological polar surface area (TPSA) is 90.5 Å². The van der Waals surface area contributed by atoms with Gasteiger partial charge >= 0.3 is 0 Å². The normalized spacial score (nSPS) is 17.2. The van der Waals surface area contributed by atoms with E-state index in [4.69, 9.17) is 4.52 Å². The van der Waals surface area contributed by atoms with Gasteiger partial charge in [-0.1, -0.05) is 31.1 Å². The van der Waals surface area contributed by atoms with Gasteiger partial charge in [0.2, 0.25) is 0 Å². The summed E-state index contributed by atoms with van der Waals surface area (Å²) in [4.78, 5) is 0. The van der Waals surface area contributed by atoms with Crippen LogP contribution in [0.15, 0.2) is 46.5 Å². The molecule has 0 aliphatic carbocycles. The molecule has 1 aromatic carbocycles. The molecule has 1 aliphatic heterocycles. The molecule has 0 bridgehead atoms. The molecule has 0 spiro atoms. The number of nitrogens with zero attached hydrogens (tertiary/aromatic N) is 3. The first kappa shape index (κ1) is 13.6. The zero-order chi connectivity index (χ0) is 16.0. The molecule has 3 aromatic rings. The van der Waals surface area contributed by atoms with Crippen molar-refractivity contribution in [1.82, 2.24) is 15.4 Å². The fourth-order valence-electron chi connectivity index (χ4n) is 3.19. The molecule has 1 unspecified atom stereocenters. The first-order valence-electron chi connectivity index (χ1n) is 7.48. The van der Waals surface area contributed by atoms with Crippen molar-refractivity contribution in [3.05, 3.63) is 53.1 Å². The fourth-order valence-corrected chi connectivity index (χ4v) is 3.19. The first-order valence-corrected chi connectivity index (χ1v) is 7.48. The van der Waals surface area contributed by atoms with E-state index in [1.807, 2.05) is 24.4 Å². The number of aromatic nitrogens is 3. The van der Waals surface area contributed by atoms with E-state index < -0.39 is 0 Å². The van der Waals surface area contributed by atoms with Crippen LogP contribution in [0.3, 0.4) is 0 Å². The van der Waals surface area contributed by atoms with Crippen LogP contribution < -0.4 is 5.32 Å². The van der Waals surface area contributed by atoms with Gasteiger partial charge in [-0.3, -0.25) is 5.10 Å². The predicted molar refractivity (Wildman–Crippen MR) is 85.5 cm³/mol. The molecule has 0 saturated heterocycles. The van der Waals surface area contributed by atoms with Crippen molar-refractivity contribution in [3.8, 4) is 6.07 Å². The summed E-state index contributed by atoms with van der Waals surface area (Å²) in [7, 11) is 0. The number of nitriles is 1. The lowest BCUT2D eigenvalue weighted by Gasteiger charge is -2.28. The van der Waals surface area contributed by atoms with E-state index in [0.717, 1.165) is 33.5 Å². The molecule has 2 N–H and O–H groups in total. The predicted octanol–water partition coefficient (Wildman–Crippen LogP) is 3.54. The smallest absolute Gasteiger partial charge is 0.156 e. The molecule has 3 heterocycles. The van der Waals surface area contributed by atoms with Gasteiger partial charge in [0.25, 0.3) is 0 Å². The quantitative estimate of drug-likeness (QED) is 0.755. The largest absolute Gasteiger partial charge is 0.363 e. The zero-order valence-electron chi connectivity index (χ0n) is 12.8. The Kier molecular flexibility index (Phi) is 2.95. The highest BCUT2D eigenvalue weighted by atomic mass is 16.5. The summed E-state index contributed by atoms with van der Waals surface area (Å²) in [5.41, 5.74) is 4.37. The molecule has 0 fully saturated rings. The molecule has 23 heavy (non-hydrogen) atoms. The minimum Gasteiger partial charge on any atom is -0.363 e. The molecule has 6 heteroatoms. The van der Waals surface area contributed by atoms with E-state index in [9.17, 15) is 5.26 Å². The molecule has 114 valence electrons. The Bertz CT molecular complexity index is 957. The lowest BCUT2D eigenvalue weighted by atomic mass is 9.80. The van der Waals surface area contributed by atoms with Crippen LogP contribution in [0.2, 0.25) is 0 Å². The van der Waals surface area contributed by atoms with E-state index in [1.165, 1.54) is 0 Å². The van der Waals surface area contributed by atoms with Gasteiger partial charge in [0.1, 0.15) is 11.8 Å². The maximum Gasteiger partial charge on any atom is 0.156 e. The Morgan fingerprint density at radius 3 is 2.96 bits per heavy atom. The number of benzene rings is 1. The minimum absolute atomic E-state index is 0.185. The van der Waals surface area contributed by atoms with E-state index in [-0.39, 0.29) is 11.8 Å². The summed E-state index contributed by atoms with van der Waals surface area (Å²) in [6.45, 7) is 4.13. The summed E-state index contributed by atoms with van der Waals surface area (Å²) >= 11 is 0. The molecule has 1 atom stereocenters. The molecule has 0 saturated carbocycles. The molecule has 1 aliphatic rings. The average molecular weight is 305 g/mol. The first-order chi connectivity index (χ1) is 11.2. The molecule has 2 aromatic heterocycles. The third-order valence-electron chi connectivity index (χ3n) is 4.26. The second-order valence-electron chi connectivity index (χ2n) is 5.94. The Morgan fingerprint density at radius 1 is 1.30 bits per heavy atom. The monoisotopic (exact) mass is 305 g/mol. The van der Waals surface area contributed by atoms with E-state index in [1.54, 1.807) is 6.26 Å². The van der Waals surface area contributed by atoms with Gasteiger partial charge < -0.3 is 9.84 Å². The summed E-state index contributed by atoms with van der Waals surface area (Å²) in [5, 5.41) is 25.2. The maximum atomic E-state index is 9.81.